The molecule has 5 nitrogen and oxygen atoms in total. The van der Waals surface area contributed by atoms with E-state index in [1.165, 1.54) is 0 Å². The van der Waals surface area contributed by atoms with Gasteiger partial charge in [-0.25, -0.2) is 0 Å². The Morgan fingerprint density at radius 3 is 2.50 bits per heavy atom. The molecule has 116 valence electrons. The maximum absolute atomic E-state index is 11.9. The van der Waals surface area contributed by atoms with Crippen LogP contribution in [0.15, 0.2) is 0 Å². The molecule has 1 aliphatic rings. The fourth-order valence-corrected chi connectivity index (χ4v) is 2.67. The highest BCUT2D eigenvalue weighted by molar-refractivity contribution is 5.81. The Morgan fingerprint density at radius 2 is 1.90 bits per heavy atom. The first kappa shape index (κ1) is 17.0. The van der Waals surface area contributed by atoms with Gasteiger partial charge in [0.1, 0.15) is 0 Å². The van der Waals surface area contributed by atoms with Gasteiger partial charge in [-0.2, -0.15) is 0 Å². The van der Waals surface area contributed by atoms with Crippen molar-refractivity contribution in [3.8, 4) is 0 Å². The fraction of sp³-hybridized carbons (Fsp3) is 0.867. The minimum absolute atomic E-state index is 0.0120. The van der Waals surface area contributed by atoms with Gasteiger partial charge >= 0.3 is 5.97 Å². The van der Waals surface area contributed by atoms with Gasteiger partial charge in [-0.05, 0) is 45.6 Å². The number of hydrogen-bond donors (Lipinski definition) is 3. The molecule has 1 rings (SSSR count). The zero-order chi connectivity index (χ0) is 15.1. The van der Waals surface area contributed by atoms with Crippen LogP contribution in [0.1, 0.15) is 52.9 Å². The molecule has 4 unspecified atom stereocenters. The van der Waals surface area contributed by atoms with E-state index in [0.29, 0.717) is 6.54 Å². The van der Waals surface area contributed by atoms with Gasteiger partial charge in [0.05, 0.1) is 12.0 Å². The molecular weight excluding hydrogens is 256 g/mol. The van der Waals surface area contributed by atoms with Crippen molar-refractivity contribution in [2.24, 2.45) is 11.8 Å². The van der Waals surface area contributed by atoms with Crippen LogP contribution in [0.25, 0.3) is 0 Å². The summed E-state index contributed by atoms with van der Waals surface area (Å²) in [5.41, 5.74) is 0. The van der Waals surface area contributed by atoms with Crippen LogP contribution in [0.4, 0.5) is 0 Å². The summed E-state index contributed by atoms with van der Waals surface area (Å²) in [5.74, 6) is -0.837. The number of rotatable bonds is 7. The third-order valence-electron chi connectivity index (χ3n) is 4.31. The Balaban J connectivity index is 2.40. The van der Waals surface area contributed by atoms with E-state index < -0.39 is 5.97 Å². The smallest absolute Gasteiger partial charge is 0.306 e. The van der Waals surface area contributed by atoms with E-state index in [0.717, 1.165) is 32.1 Å². The SMILES string of the molecule is CCC(C)NC(=O)C(C)NCC1CCCCC1C(=O)O. The van der Waals surface area contributed by atoms with Crippen LogP contribution in [-0.2, 0) is 9.59 Å². The fourth-order valence-electron chi connectivity index (χ4n) is 2.67. The number of carboxylic acids is 1. The number of amides is 1. The quantitative estimate of drug-likeness (QED) is 0.666. The highest BCUT2D eigenvalue weighted by Crippen LogP contribution is 2.29. The average molecular weight is 284 g/mol. The van der Waals surface area contributed by atoms with Crippen molar-refractivity contribution in [2.75, 3.05) is 6.54 Å². The van der Waals surface area contributed by atoms with Crippen LogP contribution in [-0.4, -0.2) is 35.6 Å². The van der Waals surface area contributed by atoms with E-state index in [1.54, 1.807) is 0 Å². The summed E-state index contributed by atoms with van der Waals surface area (Å²) in [6.07, 6.45) is 4.68. The lowest BCUT2D eigenvalue weighted by Gasteiger charge is -2.29. The van der Waals surface area contributed by atoms with E-state index >= 15 is 0 Å². The van der Waals surface area contributed by atoms with Gasteiger partial charge in [0, 0.05) is 6.04 Å². The Hall–Kier alpha value is -1.10. The third-order valence-corrected chi connectivity index (χ3v) is 4.31. The van der Waals surface area contributed by atoms with Crippen molar-refractivity contribution in [3.63, 3.8) is 0 Å². The van der Waals surface area contributed by atoms with Gasteiger partial charge < -0.3 is 15.7 Å². The molecule has 4 atom stereocenters. The molecule has 0 bridgehead atoms. The highest BCUT2D eigenvalue weighted by Gasteiger charge is 2.31. The normalized spacial score (nSPS) is 25.8. The second kappa shape index (κ2) is 8.25. The van der Waals surface area contributed by atoms with E-state index in [9.17, 15) is 14.7 Å². The van der Waals surface area contributed by atoms with Gasteiger partial charge in [-0.3, -0.25) is 9.59 Å². The van der Waals surface area contributed by atoms with Crippen molar-refractivity contribution in [2.45, 2.75) is 65.0 Å². The summed E-state index contributed by atoms with van der Waals surface area (Å²) in [7, 11) is 0. The average Bonchev–Trinajstić information content (AvgIpc) is 2.44. The number of aliphatic carboxylic acids is 1. The van der Waals surface area contributed by atoms with Crippen LogP contribution < -0.4 is 10.6 Å². The molecule has 1 fully saturated rings. The van der Waals surface area contributed by atoms with E-state index in [1.807, 2.05) is 20.8 Å². The molecule has 0 spiro atoms. The van der Waals surface area contributed by atoms with Crippen LogP contribution in [0.3, 0.4) is 0 Å². The van der Waals surface area contributed by atoms with Crippen LogP contribution in [0.2, 0.25) is 0 Å². The number of nitrogens with one attached hydrogen (secondary N) is 2. The summed E-state index contributed by atoms with van der Waals surface area (Å²) < 4.78 is 0. The molecule has 0 radical (unpaired) electrons. The lowest BCUT2D eigenvalue weighted by atomic mass is 9.79. The molecule has 0 aromatic carbocycles. The van der Waals surface area contributed by atoms with Crippen molar-refractivity contribution in [1.29, 1.82) is 0 Å². The molecular formula is C15H28N2O3. The summed E-state index contributed by atoms with van der Waals surface area (Å²) in [4.78, 5) is 23.1. The lowest BCUT2D eigenvalue weighted by molar-refractivity contribution is -0.144. The number of carbonyl (C=O) groups excluding carboxylic acids is 1. The molecule has 0 aliphatic heterocycles. The van der Waals surface area contributed by atoms with Gasteiger partial charge in [-0.1, -0.05) is 19.8 Å². The van der Waals surface area contributed by atoms with Gasteiger partial charge in [0.25, 0.3) is 0 Å². The number of hydrogen-bond acceptors (Lipinski definition) is 3. The maximum atomic E-state index is 11.9. The van der Waals surface area contributed by atoms with E-state index in [2.05, 4.69) is 10.6 Å². The standard InChI is InChI=1S/C15H28N2O3/c1-4-10(2)17-14(18)11(3)16-9-12-7-5-6-8-13(12)15(19)20/h10-13,16H,4-9H2,1-3H3,(H,17,18)(H,19,20). The van der Waals surface area contributed by atoms with Crippen LogP contribution in [0, 0.1) is 11.8 Å². The van der Waals surface area contributed by atoms with Gasteiger partial charge in [-0.15, -0.1) is 0 Å². The Kier molecular flexibility index (Phi) is 6.99. The monoisotopic (exact) mass is 284 g/mol. The molecule has 0 aromatic heterocycles. The van der Waals surface area contributed by atoms with Crippen molar-refractivity contribution in [1.82, 2.24) is 10.6 Å². The molecule has 3 N–H and O–H groups in total. The maximum Gasteiger partial charge on any atom is 0.306 e. The first-order chi connectivity index (χ1) is 9.45. The molecule has 20 heavy (non-hydrogen) atoms. The topological polar surface area (TPSA) is 78.4 Å². The summed E-state index contributed by atoms with van der Waals surface area (Å²) in [6, 6.07) is -0.103. The first-order valence-corrected chi connectivity index (χ1v) is 7.72. The van der Waals surface area contributed by atoms with Crippen molar-refractivity contribution in [3.05, 3.63) is 0 Å². The molecule has 0 saturated heterocycles. The van der Waals surface area contributed by atoms with E-state index in [4.69, 9.17) is 0 Å². The minimum Gasteiger partial charge on any atom is -0.481 e. The minimum atomic E-state index is -0.701. The largest absolute Gasteiger partial charge is 0.481 e. The number of carboxylic acid groups (broad SMARTS) is 1. The molecule has 0 aromatic rings. The van der Waals surface area contributed by atoms with Gasteiger partial charge in [0.15, 0.2) is 0 Å². The second-order valence-corrected chi connectivity index (χ2v) is 5.94. The summed E-state index contributed by atoms with van der Waals surface area (Å²) in [6.45, 7) is 6.44. The van der Waals surface area contributed by atoms with Crippen LogP contribution >= 0.6 is 0 Å². The van der Waals surface area contributed by atoms with Crippen molar-refractivity contribution < 1.29 is 14.7 Å². The Morgan fingerprint density at radius 1 is 1.25 bits per heavy atom. The number of carbonyl (C=O) groups is 2. The van der Waals surface area contributed by atoms with Crippen molar-refractivity contribution >= 4 is 11.9 Å². The second-order valence-electron chi connectivity index (χ2n) is 5.94. The molecule has 1 saturated carbocycles. The highest BCUT2D eigenvalue weighted by atomic mass is 16.4. The lowest BCUT2D eigenvalue weighted by Crippen LogP contribution is -2.47. The predicted octanol–water partition coefficient (Wildman–Crippen LogP) is 1.77. The zero-order valence-corrected chi connectivity index (χ0v) is 12.8. The first-order valence-electron chi connectivity index (χ1n) is 7.72. The van der Waals surface area contributed by atoms with E-state index in [-0.39, 0.29) is 29.8 Å². The third kappa shape index (κ3) is 5.12. The molecule has 0 heterocycles. The Bertz CT molecular complexity index is 333. The summed E-state index contributed by atoms with van der Waals surface area (Å²) >= 11 is 0. The molecule has 1 aliphatic carbocycles. The van der Waals surface area contributed by atoms with Crippen LogP contribution in [0.5, 0.6) is 0 Å². The van der Waals surface area contributed by atoms with Gasteiger partial charge in [0.2, 0.25) is 5.91 Å². The zero-order valence-electron chi connectivity index (χ0n) is 12.8. The summed E-state index contributed by atoms with van der Waals surface area (Å²) in [5, 5.41) is 15.4. The molecule has 1 amide bonds. The Labute approximate surface area is 121 Å². The predicted molar refractivity (Wildman–Crippen MR) is 78.4 cm³/mol. The molecule has 5 heteroatoms.